The Hall–Kier alpha value is -0.560. The van der Waals surface area contributed by atoms with Gasteiger partial charge in [-0.05, 0) is 19.3 Å². The van der Waals surface area contributed by atoms with Gasteiger partial charge in [0.2, 0.25) is 0 Å². The first kappa shape index (κ1) is 4.29. The molecule has 1 heteroatoms. The fraction of sp³-hybridized carbons (Fsp3) is 0.500. The summed E-state index contributed by atoms with van der Waals surface area (Å²) in [6, 6.07) is 0. The Morgan fingerprint density at radius 1 is 1.89 bits per heavy atom. The Balaban J connectivity index is 2.65. The molecule has 1 aliphatic carbocycles. The van der Waals surface area contributed by atoms with Crippen molar-refractivity contribution in [2.75, 3.05) is 6.56 Å². The molecule has 0 aromatic carbocycles. The third kappa shape index (κ3) is 2.02. The van der Waals surface area contributed by atoms with E-state index in [2.05, 4.69) is 0 Å². The van der Waals surface area contributed by atoms with Gasteiger partial charge in [0.1, 0.15) is 0 Å². The zero-order chi connectivity index (χ0) is 8.32. The van der Waals surface area contributed by atoms with Gasteiger partial charge in [-0.1, -0.05) is 23.8 Å². The van der Waals surface area contributed by atoms with Gasteiger partial charge in [0.25, 0.3) is 0 Å². The van der Waals surface area contributed by atoms with Gasteiger partial charge < -0.3 is 5.11 Å². The second kappa shape index (κ2) is 3.46. The quantitative estimate of drug-likeness (QED) is 0.566. The third-order valence-corrected chi connectivity index (χ3v) is 1.42. The molecule has 0 aromatic rings. The molecule has 0 aromatic heterocycles. The van der Waals surface area contributed by atoms with Crippen LogP contribution in [0.15, 0.2) is 23.8 Å². The van der Waals surface area contributed by atoms with Crippen LogP contribution >= 0.6 is 0 Å². The van der Waals surface area contributed by atoms with Gasteiger partial charge in [0, 0.05) is 0 Å². The van der Waals surface area contributed by atoms with E-state index in [1.165, 1.54) is 6.08 Å². The lowest BCUT2D eigenvalue weighted by Crippen LogP contribution is -1.87. The maximum Gasteiger partial charge on any atom is 0.0618 e. The zero-order valence-corrected chi connectivity index (χ0v) is 5.30. The van der Waals surface area contributed by atoms with Crippen LogP contribution in [0.25, 0.3) is 0 Å². The highest BCUT2D eigenvalue weighted by atomic mass is 16.2. The van der Waals surface area contributed by atoms with Crippen LogP contribution in [0.2, 0.25) is 0 Å². The summed E-state index contributed by atoms with van der Waals surface area (Å²) in [5.41, 5.74) is 0.892. The van der Waals surface area contributed by atoms with Crippen molar-refractivity contribution in [2.45, 2.75) is 19.3 Å². The van der Waals surface area contributed by atoms with Crippen molar-refractivity contribution in [3.63, 3.8) is 0 Å². The minimum absolute atomic E-state index is 0.872. The molecule has 0 spiro atoms. The van der Waals surface area contributed by atoms with E-state index in [1.54, 1.807) is 0 Å². The molecule has 1 rings (SSSR count). The highest BCUT2D eigenvalue weighted by Crippen LogP contribution is 2.14. The van der Waals surface area contributed by atoms with Gasteiger partial charge in [-0.2, -0.15) is 0 Å². The minimum atomic E-state index is -2.16. The normalized spacial score (nSPS) is 27.9. The minimum Gasteiger partial charge on any atom is -0.392 e. The van der Waals surface area contributed by atoms with Crippen molar-refractivity contribution in [3.8, 4) is 0 Å². The Kier molecular flexibility index (Phi) is 1.65. The zero-order valence-electron chi connectivity index (χ0n) is 7.30. The lowest BCUT2D eigenvalue weighted by Gasteiger charge is -2.04. The fourth-order valence-electron chi connectivity index (χ4n) is 0.945. The third-order valence-electron chi connectivity index (χ3n) is 1.42. The molecule has 0 radical (unpaired) electrons. The summed E-state index contributed by atoms with van der Waals surface area (Å²) in [7, 11) is 0. The van der Waals surface area contributed by atoms with Crippen molar-refractivity contribution < 1.29 is 7.85 Å². The van der Waals surface area contributed by atoms with Crippen molar-refractivity contribution in [3.05, 3.63) is 23.8 Å². The van der Waals surface area contributed by atoms with E-state index >= 15 is 0 Å². The van der Waals surface area contributed by atoms with E-state index in [0.717, 1.165) is 24.8 Å². The first-order valence-electron chi connectivity index (χ1n) is 4.18. The molecule has 0 unspecified atom stereocenters. The largest absolute Gasteiger partial charge is 0.392 e. The first-order valence-corrected chi connectivity index (χ1v) is 3.18. The summed E-state index contributed by atoms with van der Waals surface area (Å²) < 4.78 is 13.8. The molecule has 9 heavy (non-hydrogen) atoms. The molecule has 50 valence electrons. The van der Waals surface area contributed by atoms with Crippen molar-refractivity contribution >= 4 is 0 Å². The van der Waals surface area contributed by atoms with E-state index in [9.17, 15) is 0 Å². The monoisotopic (exact) mass is 126 g/mol. The second-order valence-corrected chi connectivity index (χ2v) is 2.14. The smallest absolute Gasteiger partial charge is 0.0618 e. The Bertz CT molecular complexity index is 189. The Labute approximate surface area is 58.5 Å². The van der Waals surface area contributed by atoms with E-state index in [-0.39, 0.29) is 0 Å². The van der Waals surface area contributed by atoms with Gasteiger partial charge >= 0.3 is 0 Å². The molecule has 0 fully saturated rings. The molecule has 0 atom stereocenters. The first-order chi connectivity index (χ1) is 5.08. The summed E-state index contributed by atoms with van der Waals surface area (Å²) in [5.74, 6) is 0. The molecule has 0 aliphatic heterocycles. The number of rotatable bonds is 1. The molecular formula is C8H12O. The lowest BCUT2D eigenvalue weighted by atomic mass is 10.0. The predicted molar refractivity (Wildman–Crippen MR) is 38.2 cm³/mol. The molecule has 0 amide bonds. The fourth-order valence-corrected chi connectivity index (χ4v) is 0.945. The summed E-state index contributed by atoms with van der Waals surface area (Å²) in [6.07, 6.45) is 8.13. The highest BCUT2D eigenvalue weighted by molar-refractivity contribution is 5.20. The van der Waals surface area contributed by atoms with Gasteiger partial charge in [0.15, 0.2) is 0 Å². The van der Waals surface area contributed by atoms with Gasteiger partial charge in [0.05, 0.1) is 9.30 Å². The summed E-state index contributed by atoms with van der Waals surface area (Å²) in [6.45, 7) is -2.16. The Morgan fingerprint density at radius 3 is 3.33 bits per heavy atom. The van der Waals surface area contributed by atoms with Crippen LogP contribution < -0.4 is 0 Å². The summed E-state index contributed by atoms with van der Waals surface area (Å²) in [4.78, 5) is 0. The Morgan fingerprint density at radius 2 is 2.78 bits per heavy atom. The van der Waals surface area contributed by atoms with Crippen LogP contribution in [0.5, 0.6) is 0 Å². The average Bonchev–Trinajstić information content (AvgIpc) is 1.85. The topological polar surface area (TPSA) is 20.2 Å². The highest BCUT2D eigenvalue weighted by Gasteiger charge is 1.96. The predicted octanol–water partition coefficient (Wildman–Crippen LogP) is 1.65. The summed E-state index contributed by atoms with van der Waals surface area (Å²) >= 11 is 0. The maximum atomic E-state index is 8.79. The van der Waals surface area contributed by atoms with E-state index in [0.29, 0.717) is 0 Å². The van der Waals surface area contributed by atoms with Crippen LogP contribution in [0.1, 0.15) is 22.0 Å². The molecular weight excluding hydrogens is 112 g/mol. The van der Waals surface area contributed by atoms with E-state index < -0.39 is 6.56 Å². The lowest BCUT2D eigenvalue weighted by molar-refractivity contribution is 0.341. The standard InChI is InChI=1S/C8H12O/c9-7-6-8-4-2-1-3-5-8/h2,4,6,9H,1,3,5,7H2/b8-6+/i7D2. The molecule has 0 saturated heterocycles. The van der Waals surface area contributed by atoms with Crippen LogP contribution in [-0.2, 0) is 0 Å². The molecule has 0 bridgehead atoms. The number of hydrogen-bond acceptors (Lipinski definition) is 1. The SMILES string of the molecule is [2H]C([2H])(O)/C=C1\C=CCCC1. The number of aliphatic hydroxyl groups is 1. The van der Waals surface area contributed by atoms with Crippen molar-refractivity contribution in [1.29, 1.82) is 0 Å². The van der Waals surface area contributed by atoms with Gasteiger partial charge in [-0.25, -0.2) is 0 Å². The van der Waals surface area contributed by atoms with Gasteiger partial charge in [-0.3, -0.25) is 0 Å². The molecule has 1 aliphatic rings. The van der Waals surface area contributed by atoms with Gasteiger partial charge in [-0.15, -0.1) is 0 Å². The van der Waals surface area contributed by atoms with Crippen molar-refractivity contribution in [1.82, 2.24) is 0 Å². The van der Waals surface area contributed by atoms with Crippen LogP contribution in [0.4, 0.5) is 0 Å². The maximum absolute atomic E-state index is 8.79. The molecule has 1 N–H and O–H groups in total. The summed E-state index contributed by atoms with van der Waals surface area (Å²) in [5, 5.41) is 8.79. The van der Waals surface area contributed by atoms with Crippen LogP contribution in [0, 0.1) is 0 Å². The average molecular weight is 126 g/mol. The second-order valence-electron chi connectivity index (χ2n) is 2.14. The molecule has 1 nitrogen and oxygen atoms in total. The number of hydrogen-bond donors (Lipinski definition) is 1. The van der Waals surface area contributed by atoms with Crippen molar-refractivity contribution in [2.24, 2.45) is 0 Å². The van der Waals surface area contributed by atoms with Crippen LogP contribution in [-0.4, -0.2) is 11.7 Å². The molecule has 0 saturated carbocycles. The van der Waals surface area contributed by atoms with E-state index in [4.69, 9.17) is 7.85 Å². The number of allylic oxidation sites excluding steroid dienone is 3. The molecule has 0 heterocycles. The van der Waals surface area contributed by atoms with Crippen LogP contribution in [0.3, 0.4) is 0 Å². The van der Waals surface area contributed by atoms with E-state index in [1.807, 2.05) is 12.2 Å².